The molecule has 14 heteroatoms. The summed E-state index contributed by atoms with van der Waals surface area (Å²) in [6.07, 6.45) is 0. The first-order valence-electron chi connectivity index (χ1n) is 1.95. The average molecular weight is 384 g/mol. The minimum Gasteiger partial charge on any atom is -0.511 e. The van der Waals surface area contributed by atoms with E-state index >= 15 is 0 Å². The zero-order chi connectivity index (χ0) is 10.7. The maximum Gasteiger partial charge on any atom is 0.761 e. The topological polar surface area (TPSA) is 173 Å². The van der Waals surface area contributed by atoms with Gasteiger partial charge in [0.15, 0.2) is 0 Å². The van der Waals surface area contributed by atoms with Crippen molar-refractivity contribution in [2.24, 2.45) is 0 Å². The zero-order valence-electron chi connectivity index (χ0n) is 6.30. The fourth-order valence-electron chi connectivity index (χ4n) is 0. The summed E-state index contributed by atoms with van der Waals surface area (Å²) in [6, 6.07) is 0. The predicted molar refractivity (Wildman–Crippen MR) is 44.1 cm³/mol. The molecule has 0 atom stereocenters. The molecule has 9 nitrogen and oxygen atoms in total. The fraction of sp³-hybridized carbons (Fsp3) is 0. The Bertz CT molecular complexity index is 116. The van der Waals surface area contributed by atoms with E-state index < -0.39 is 27.5 Å². The molecular formula is H6As2O9Si3. The van der Waals surface area contributed by atoms with Crippen molar-refractivity contribution in [1.29, 1.82) is 0 Å². The minimum atomic E-state index is -3.13. The van der Waals surface area contributed by atoms with Gasteiger partial charge in [-0.2, -0.15) is 0 Å². The van der Waals surface area contributed by atoms with E-state index in [4.69, 9.17) is 42.2 Å². The second-order valence-corrected chi connectivity index (χ2v) is 2.54. The Morgan fingerprint density at radius 1 is 0.500 bits per heavy atom. The van der Waals surface area contributed by atoms with Gasteiger partial charge in [-0.1, -0.05) is 0 Å². The molecule has 0 aromatic carbocycles. The third-order valence-corrected chi connectivity index (χ3v) is 0. The van der Waals surface area contributed by atoms with Gasteiger partial charge in [-0.05, 0) is 0 Å². The van der Waals surface area contributed by atoms with Gasteiger partial charge in [0.25, 0.3) is 0 Å². The van der Waals surface area contributed by atoms with E-state index in [1.807, 2.05) is 0 Å². The SMILES string of the molecule is O=[Si](O)O.O=[Si](O)O.O=[Si](O)O.[As].[As]. The van der Waals surface area contributed by atoms with Crippen LogP contribution in [0.3, 0.4) is 0 Å². The van der Waals surface area contributed by atoms with E-state index in [9.17, 15) is 0 Å². The van der Waals surface area contributed by atoms with Gasteiger partial charge in [0.2, 0.25) is 0 Å². The second kappa shape index (κ2) is 23.1. The first-order valence-corrected chi connectivity index (χ1v) is 5.86. The Balaban J connectivity index is -0.0000000270. The monoisotopic (exact) mass is 384 g/mol. The van der Waals surface area contributed by atoms with E-state index in [0.717, 1.165) is 0 Å². The largest absolute Gasteiger partial charge is 0.761 e. The molecule has 0 aromatic rings. The van der Waals surface area contributed by atoms with Crippen LogP contribution in [-0.4, -0.2) is 92.2 Å². The molecule has 0 spiro atoms. The molecule has 0 rings (SSSR count). The van der Waals surface area contributed by atoms with Crippen molar-refractivity contribution in [1.82, 2.24) is 0 Å². The molecule has 0 aliphatic carbocycles. The maximum atomic E-state index is 8.74. The first kappa shape index (κ1) is 29.2. The van der Waals surface area contributed by atoms with Gasteiger partial charge in [0.1, 0.15) is 0 Å². The van der Waals surface area contributed by atoms with Gasteiger partial charge in [0, 0.05) is 35.9 Å². The molecule has 0 aliphatic heterocycles. The number of rotatable bonds is 0. The van der Waals surface area contributed by atoms with Gasteiger partial charge in [-0.3, -0.25) is 13.4 Å². The minimum absolute atomic E-state index is 0. The van der Waals surface area contributed by atoms with Crippen LogP contribution in [0.2, 0.25) is 0 Å². The van der Waals surface area contributed by atoms with Crippen molar-refractivity contribution in [3.63, 3.8) is 0 Å². The summed E-state index contributed by atoms with van der Waals surface area (Å²) in [4.78, 5) is 42.9. The van der Waals surface area contributed by atoms with Crippen molar-refractivity contribution < 1.29 is 42.2 Å². The Morgan fingerprint density at radius 3 is 0.500 bits per heavy atom. The molecule has 0 aliphatic rings. The first-order chi connectivity index (χ1) is 5.20. The summed E-state index contributed by atoms with van der Waals surface area (Å²) in [5, 5.41) is 0. The maximum absolute atomic E-state index is 8.74. The predicted octanol–water partition coefficient (Wildman–Crippen LogP) is -5.60. The number of hydrogen-bond acceptors (Lipinski definition) is 3. The van der Waals surface area contributed by atoms with E-state index in [2.05, 4.69) is 0 Å². The Labute approximate surface area is 105 Å². The van der Waals surface area contributed by atoms with Crippen LogP contribution < -0.4 is 0 Å². The van der Waals surface area contributed by atoms with Crippen LogP contribution in [0.4, 0.5) is 0 Å². The van der Waals surface area contributed by atoms with Crippen LogP contribution in [0.1, 0.15) is 0 Å². The molecule has 14 heavy (non-hydrogen) atoms. The standard InChI is InChI=1S/2As.3H2O3Si/c;;3*1-4(2)3/h;;3*1-2H. The third-order valence-electron chi connectivity index (χ3n) is 0. The summed E-state index contributed by atoms with van der Waals surface area (Å²) in [7, 11) is -9.39. The molecule has 6 radical (unpaired) electrons. The molecule has 0 saturated heterocycles. The summed E-state index contributed by atoms with van der Waals surface area (Å²) < 4.78 is 26.2. The van der Waals surface area contributed by atoms with Crippen LogP contribution in [0.25, 0.3) is 0 Å². The van der Waals surface area contributed by atoms with Crippen LogP contribution in [0, 0.1) is 0 Å². The van der Waals surface area contributed by atoms with Crippen LogP contribution in [0.15, 0.2) is 0 Å². The molecule has 0 saturated carbocycles. The summed E-state index contributed by atoms with van der Waals surface area (Å²) in [5.41, 5.74) is 0. The Kier molecular flexibility index (Phi) is 48.2. The van der Waals surface area contributed by atoms with Gasteiger partial charge >= 0.3 is 27.5 Å². The fourth-order valence-corrected chi connectivity index (χ4v) is 0. The third kappa shape index (κ3) is 1370000. The van der Waals surface area contributed by atoms with E-state index in [-0.39, 0.29) is 35.9 Å². The van der Waals surface area contributed by atoms with Crippen molar-refractivity contribution >= 4 is 63.4 Å². The van der Waals surface area contributed by atoms with Gasteiger partial charge in [-0.15, -0.1) is 0 Å². The molecule has 0 amide bonds. The van der Waals surface area contributed by atoms with E-state index in [1.54, 1.807) is 0 Å². The molecule has 6 N–H and O–H groups in total. The molecule has 0 unspecified atom stereocenters. The van der Waals surface area contributed by atoms with Crippen molar-refractivity contribution in [3.05, 3.63) is 0 Å². The molecule has 82 valence electrons. The van der Waals surface area contributed by atoms with Gasteiger partial charge < -0.3 is 28.8 Å². The van der Waals surface area contributed by atoms with E-state index in [1.165, 1.54) is 0 Å². The van der Waals surface area contributed by atoms with Gasteiger partial charge in [0.05, 0.1) is 0 Å². The van der Waals surface area contributed by atoms with Crippen LogP contribution in [0.5, 0.6) is 0 Å². The molecule has 0 bridgehead atoms. The van der Waals surface area contributed by atoms with Crippen molar-refractivity contribution in [2.75, 3.05) is 0 Å². The number of hydrogen-bond donors (Lipinski definition) is 6. The molecule has 0 heterocycles. The summed E-state index contributed by atoms with van der Waals surface area (Å²) in [6.45, 7) is 0. The van der Waals surface area contributed by atoms with Crippen LogP contribution >= 0.6 is 0 Å². The van der Waals surface area contributed by atoms with E-state index in [0.29, 0.717) is 0 Å². The average Bonchev–Trinajstić information content (AvgIpc) is 1.54. The molecular weight excluding hydrogens is 378 g/mol. The Hall–Kier alpha value is -0.0325. The molecule has 0 aromatic heterocycles. The van der Waals surface area contributed by atoms with Crippen molar-refractivity contribution in [2.45, 2.75) is 0 Å². The molecule has 0 fully saturated rings. The second-order valence-electron chi connectivity index (χ2n) is 0.848. The van der Waals surface area contributed by atoms with Crippen LogP contribution in [-0.2, 0) is 13.4 Å². The summed E-state index contributed by atoms with van der Waals surface area (Å²) >= 11 is 0. The van der Waals surface area contributed by atoms with Gasteiger partial charge in [-0.25, -0.2) is 0 Å². The summed E-state index contributed by atoms with van der Waals surface area (Å²) in [5.74, 6) is 0. The smallest absolute Gasteiger partial charge is 0.511 e. The quantitative estimate of drug-likeness (QED) is 0.223. The Morgan fingerprint density at radius 2 is 0.500 bits per heavy atom. The van der Waals surface area contributed by atoms with Crippen molar-refractivity contribution in [3.8, 4) is 0 Å². The zero-order valence-corrected chi connectivity index (χ0v) is 13.1. The normalized spacial score (nSPS) is 5.14.